The summed E-state index contributed by atoms with van der Waals surface area (Å²) < 4.78 is 6.88. The van der Waals surface area contributed by atoms with Crippen LogP contribution in [-0.4, -0.2) is 25.9 Å². The molecule has 0 aliphatic heterocycles. The number of aromatic nitrogens is 3. The molecule has 0 spiro atoms. The van der Waals surface area contributed by atoms with Crippen molar-refractivity contribution in [3.05, 3.63) is 63.3 Å². The molecule has 10 heteroatoms. The average molecular weight is 358 g/mol. The predicted octanol–water partition coefficient (Wildman–Crippen LogP) is 3.04. The molecule has 128 valence electrons. The maximum atomic E-state index is 10.6. The van der Waals surface area contributed by atoms with E-state index < -0.39 is 4.92 Å². The van der Waals surface area contributed by atoms with Crippen molar-refractivity contribution in [2.75, 3.05) is 5.43 Å². The van der Waals surface area contributed by atoms with Crippen LogP contribution in [0.15, 0.2) is 47.0 Å². The highest BCUT2D eigenvalue weighted by molar-refractivity contribution is 7.13. The van der Waals surface area contributed by atoms with Crippen LogP contribution in [-0.2, 0) is 6.73 Å². The first-order valence-corrected chi connectivity index (χ1v) is 8.10. The fourth-order valence-electron chi connectivity index (χ4n) is 1.88. The second kappa shape index (κ2) is 7.53. The van der Waals surface area contributed by atoms with E-state index in [9.17, 15) is 10.1 Å². The summed E-state index contributed by atoms with van der Waals surface area (Å²) in [6, 6.07) is 8.58. The Balaban J connectivity index is 1.51. The second-order valence-corrected chi connectivity index (χ2v) is 5.84. The maximum Gasteiger partial charge on any atom is 0.390 e. The fourth-order valence-corrected chi connectivity index (χ4v) is 2.52. The van der Waals surface area contributed by atoms with Crippen LogP contribution in [0, 0.1) is 17.0 Å². The van der Waals surface area contributed by atoms with E-state index in [0.717, 1.165) is 16.4 Å². The third kappa shape index (κ3) is 4.61. The molecule has 9 nitrogen and oxygen atoms in total. The van der Waals surface area contributed by atoms with Gasteiger partial charge < -0.3 is 14.9 Å². The number of nitrogens with one attached hydrogen (secondary N) is 1. The highest BCUT2D eigenvalue weighted by Gasteiger charge is 2.10. The first-order valence-electron chi connectivity index (χ1n) is 7.22. The number of nitrogens with zero attached hydrogens (tertiary/aromatic N) is 5. The Morgan fingerprint density at radius 3 is 2.84 bits per heavy atom. The van der Waals surface area contributed by atoms with Gasteiger partial charge in [-0.25, -0.2) is 4.98 Å². The van der Waals surface area contributed by atoms with Crippen LogP contribution < -0.4 is 10.2 Å². The summed E-state index contributed by atoms with van der Waals surface area (Å²) in [6.07, 6.45) is 3.17. The number of thiazole rings is 1. The van der Waals surface area contributed by atoms with Crippen LogP contribution >= 0.6 is 11.3 Å². The Kier molecular flexibility index (Phi) is 5.00. The number of benzene rings is 1. The van der Waals surface area contributed by atoms with Crippen LogP contribution in [0.5, 0.6) is 5.75 Å². The van der Waals surface area contributed by atoms with Crippen LogP contribution in [0.1, 0.15) is 11.3 Å². The van der Waals surface area contributed by atoms with Gasteiger partial charge in [-0.05, 0) is 41.7 Å². The first kappa shape index (κ1) is 16.6. The Bertz CT molecular complexity index is 887. The number of aryl methyl sites for hydroxylation is 1. The SMILES string of the molecule is Cc1csc(NN=Cc2ccc(OCn3ccc([N+](=O)[O-])n3)cc2)n1. The van der Waals surface area contributed by atoms with E-state index >= 15 is 0 Å². The third-order valence-electron chi connectivity index (χ3n) is 3.05. The molecule has 3 rings (SSSR count). The number of anilines is 1. The summed E-state index contributed by atoms with van der Waals surface area (Å²) in [6.45, 7) is 2.01. The molecule has 0 aliphatic carbocycles. The molecule has 0 atom stereocenters. The van der Waals surface area contributed by atoms with E-state index in [1.807, 2.05) is 24.4 Å². The predicted molar refractivity (Wildman–Crippen MR) is 94.0 cm³/mol. The molecule has 0 fully saturated rings. The van der Waals surface area contributed by atoms with Gasteiger partial charge in [-0.15, -0.1) is 16.0 Å². The largest absolute Gasteiger partial charge is 0.469 e. The molecule has 1 aromatic carbocycles. The van der Waals surface area contributed by atoms with Crippen molar-refractivity contribution in [3.8, 4) is 5.75 Å². The number of rotatable bonds is 7. The van der Waals surface area contributed by atoms with Crippen LogP contribution in [0.25, 0.3) is 0 Å². The van der Waals surface area contributed by atoms with Gasteiger partial charge in [0.2, 0.25) is 11.9 Å². The van der Waals surface area contributed by atoms with Gasteiger partial charge in [0.05, 0.1) is 29.3 Å². The van der Waals surface area contributed by atoms with E-state index in [2.05, 4.69) is 20.6 Å². The van der Waals surface area contributed by atoms with Crippen molar-refractivity contribution in [2.45, 2.75) is 13.7 Å². The molecule has 0 aliphatic rings. The summed E-state index contributed by atoms with van der Waals surface area (Å²) in [4.78, 5) is 14.3. The minimum absolute atomic E-state index is 0.0895. The van der Waals surface area contributed by atoms with Crippen LogP contribution in [0.3, 0.4) is 0 Å². The van der Waals surface area contributed by atoms with Gasteiger partial charge in [-0.2, -0.15) is 5.10 Å². The highest BCUT2D eigenvalue weighted by atomic mass is 32.1. The monoisotopic (exact) mass is 358 g/mol. The van der Waals surface area contributed by atoms with E-state index in [4.69, 9.17) is 4.74 Å². The third-order valence-corrected chi connectivity index (χ3v) is 3.91. The molecule has 0 saturated carbocycles. The summed E-state index contributed by atoms with van der Waals surface area (Å²) >= 11 is 1.49. The minimum atomic E-state index is -0.550. The first-order chi connectivity index (χ1) is 12.1. The van der Waals surface area contributed by atoms with Crippen molar-refractivity contribution in [1.82, 2.24) is 14.8 Å². The van der Waals surface area contributed by atoms with Crippen LogP contribution in [0.4, 0.5) is 10.9 Å². The lowest BCUT2D eigenvalue weighted by atomic mass is 10.2. The van der Waals surface area contributed by atoms with E-state index in [1.54, 1.807) is 18.3 Å². The molecular formula is C15H14N6O3S. The number of ether oxygens (including phenoxy) is 1. The summed E-state index contributed by atoms with van der Waals surface area (Å²) in [5, 5.41) is 21.1. The zero-order chi connectivity index (χ0) is 17.6. The van der Waals surface area contributed by atoms with Gasteiger partial charge in [-0.3, -0.25) is 5.43 Å². The molecule has 0 radical (unpaired) electrons. The molecular weight excluding hydrogens is 344 g/mol. The molecule has 25 heavy (non-hydrogen) atoms. The molecule has 2 aromatic heterocycles. The molecule has 3 aromatic rings. The summed E-state index contributed by atoms with van der Waals surface area (Å²) in [5.74, 6) is 0.414. The molecule has 0 bridgehead atoms. The van der Waals surface area contributed by atoms with E-state index in [-0.39, 0.29) is 12.5 Å². The average Bonchev–Trinajstić information content (AvgIpc) is 3.23. The lowest BCUT2D eigenvalue weighted by molar-refractivity contribution is -0.389. The zero-order valence-electron chi connectivity index (χ0n) is 13.2. The number of hydrogen-bond acceptors (Lipinski definition) is 8. The van der Waals surface area contributed by atoms with Crippen molar-refractivity contribution in [1.29, 1.82) is 0 Å². The van der Waals surface area contributed by atoms with E-state index in [1.165, 1.54) is 28.3 Å². The topological polar surface area (TPSA) is 107 Å². The smallest absolute Gasteiger partial charge is 0.390 e. The minimum Gasteiger partial charge on any atom is -0.469 e. The molecule has 0 unspecified atom stereocenters. The van der Waals surface area contributed by atoms with Crippen LogP contribution in [0.2, 0.25) is 0 Å². The Hall–Kier alpha value is -3.27. The van der Waals surface area contributed by atoms with Crippen molar-refractivity contribution in [3.63, 3.8) is 0 Å². The molecule has 0 amide bonds. The van der Waals surface area contributed by atoms with Gasteiger partial charge >= 0.3 is 5.82 Å². The normalized spacial score (nSPS) is 10.9. The molecule has 2 heterocycles. The zero-order valence-corrected chi connectivity index (χ0v) is 14.0. The Morgan fingerprint density at radius 2 is 2.20 bits per heavy atom. The molecule has 0 saturated heterocycles. The lowest BCUT2D eigenvalue weighted by Gasteiger charge is -2.04. The molecule has 1 N–H and O–H groups in total. The maximum absolute atomic E-state index is 10.6. The number of hydrazone groups is 1. The second-order valence-electron chi connectivity index (χ2n) is 4.98. The van der Waals surface area contributed by atoms with Crippen molar-refractivity contribution >= 4 is 28.5 Å². The Morgan fingerprint density at radius 1 is 1.40 bits per heavy atom. The lowest BCUT2D eigenvalue weighted by Crippen LogP contribution is -2.06. The van der Waals surface area contributed by atoms with Gasteiger partial charge in [0.1, 0.15) is 5.75 Å². The standard InChI is InChI=1S/C15H14N6O3S/c1-11-9-25-15(17-11)18-16-8-12-2-4-13(5-3-12)24-10-20-7-6-14(19-20)21(22)23/h2-9H,10H2,1H3,(H,17,18). The van der Waals surface area contributed by atoms with Gasteiger partial charge in [0, 0.05) is 5.38 Å². The van der Waals surface area contributed by atoms with Gasteiger partial charge in [-0.1, -0.05) is 0 Å². The number of nitro groups is 1. The highest BCUT2D eigenvalue weighted by Crippen LogP contribution is 2.15. The summed E-state index contributed by atoms with van der Waals surface area (Å²) in [7, 11) is 0. The van der Waals surface area contributed by atoms with Crippen molar-refractivity contribution < 1.29 is 9.66 Å². The quantitative estimate of drug-likeness (QED) is 0.395. The van der Waals surface area contributed by atoms with Crippen molar-refractivity contribution in [2.24, 2.45) is 5.10 Å². The number of hydrogen-bond donors (Lipinski definition) is 1. The fraction of sp³-hybridized carbons (Fsp3) is 0.133. The Labute approximate surface area is 146 Å². The van der Waals surface area contributed by atoms with Gasteiger partial charge in [0.15, 0.2) is 0 Å². The van der Waals surface area contributed by atoms with Gasteiger partial charge in [0.25, 0.3) is 0 Å². The van der Waals surface area contributed by atoms with E-state index in [0.29, 0.717) is 5.75 Å². The summed E-state index contributed by atoms with van der Waals surface area (Å²) in [5.41, 5.74) is 4.71.